The van der Waals surface area contributed by atoms with Gasteiger partial charge in [0.25, 0.3) is 0 Å². The van der Waals surface area contributed by atoms with Gasteiger partial charge in [-0.25, -0.2) is 8.42 Å². The van der Waals surface area contributed by atoms with Gasteiger partial charge in [0.1, 0.15) is 0 Å². The number of halogens is 1. The van der Waals surface area contributed by atoms with Crippen molar-refractivity contribution >= 4 is 43.3 Å². The summed E-state index contributed by atoms with van der Waals surface area (Å²) in [4.78, 5) is 28.8. The number of carbonyl (C=O) groups excluding carboxylic acids is 2. The highest BCUT2D eigenvalue weighted by atomic mass is 79.9. The van der Waals surface area contributed by atoms with E-state index in [1.807, 2.05) is 24.3 Å². The van der Waals surface area contributed by atoms with Gasteiger partial charge in [0, 0.05) is 36.9 Å². The van der Waals surface area contributed by atoms with E-state index in [2.05, 4.69) is 28.1 Å². The number of piperidine rings is 1. The van der Waals surface area contributed by atoms with Gasteiger partial charge >= 0.3 is 0 Å². The maximum absolute atomic E-state index is 13.3. The normalized spacial score (nSPS) is 16.5. The molecule has 4 rings (SSSR count). The third-order valence-electron chi connectivity index (χ3n) is 6.85. The molecule has 0 spiro atoms. The van der Waals surface area contributed by atoms with Crippen LogP contribution < -0.4 is 4.90 Å². The highest BCUT2D eigenvalue weighted by Gasteiger charge is 2.33. The van der Waals surface area contributed by atoms with Crippen molar-refractivity contribution < 1.29 is 18.0 Å². The summed E-state index contributed by atoms with van der Waals surface area (Å²) < 4.78 is 27.3. The molecule has 0 bridgehead atoms. The largest absolute Gasteiger partial charge is 0.343 e. The number of hydrogen-bond acceptors (Lipinski definition) is 4. The molecular formula is C26H31BrN2O4S. The summed E-state index contributed by atoms with van der Waals surface area (Å²) in [7, 11) is -3.74. The fraction of sp³-hybridized carbons (Fsp3) is 0.462. The maximum atomic E-state index is 13.3. The third-order valence-corrected chi connectivity index (χ3v) is 9.03. The van der Waals surface area contributed by atoms with Gasteiger partial charge in [0.15, 0.2) is 9.84 Å². The molecule has 2 aliphatic rings. The van der Waals surface area contributed by atoms with E-state index in [4.69, 9.17) is 0 Å². The first-order chi connectivity index (χ1) is 16.3. The second-order valence-corrected chi connectivity index (χ2v) is 12.1. The predicted octanol–water partition coefficient (Wildman–Crippen LogP) is 4.39. The first kappa shape index (κ1) is 24.9. The van der Waals surface area contributed by atoms with E-state index < -0.39 is 9.84 Å². The van der Waals surface area contributed by atoms with E-state index >= 15 is 0 Å². The van der Waals surface area contributed by atoms with Crippen LogP contribution in [-0.2, 0) is 32.3 Å². The molecule has 0 aliphatic carbocycles. The number of fused-ring (bicyclic) bond motifs is 1. The number of likely N-dealkylation sites (tertiary alicyclic amines) is 1. The lowest BCUT2D eigenvalue weighted by molar-refractivity contribution is -0.132. The van der Waals surface area contributed by atoms with E-state index in [1.54, 1.807) is 22.8 Å². The molecule has 8 heteroatoms. The van der Waals surface area contributed by atoms with Crippen molar-refractivity contribution in [2.45, 2.75) is 50.3 Å². The number of carbonyl (C=O) groups is 2. The summed E-state index contributed by atoms with van der Waals surface area (Å²) in [5.74, 6) is 0.0793. The highest BCUT2D eigenvalue weighted by Crippen LogP contribution is 2.38. The fourth-order valence-electron chi connectivity index (χ4n) is 4.97. The number of sulfone groups is 1. The monoisotopic (exact) mass is 546 g/mol. The Balaban J connectivity index is 1.39. The molecule has 0 aromatic heterocycles. The quantitative estimate of drug-likeness (QED) is 0.516. The zero-order chi connectivity index (χ0) is 24.3. The molecule has 1 saturated heterocycles. The molecular weight excluding hydrogens is 516 g/mol. The second-order valence-electron chi connectivity index (χ2n) is 9.14. The zero-order valence-electron chi connectivity index (χ0n) is 19.5. The minimum Gasteiger partial charge on any atom is -0.343 e. The fourth-order valence-corrected chi connectivity index (χ4v) is 7.13. The second kappa shape index (κ2) is 10.6. The molecule has 2 aromatic carbocycles. The molecule has 0 saturated carbocycles. The molecule has 2 aromatic rings. The lowest BCUT2D eigenvalue weighted by Crippen LogP contribution is -2.39. The Morgan fingerprint density at radius 2 is 1.74 bits per heavy atom. The van der Waals surface area contributed by atoms with Crippen LogP contribution in [0.1, 0.15) is 43.7 Å². The van der Waals surface area contributed by atoms with Crippen LogP contribution in [0.3, 0.4) is 0 Å². The van der Waals surface area contributed by atoms with Crippen molar-refractivity contribution in [2.75, 3.05) is 30.3 Å². The van der Waals surface area contributed by atoms with Gasteiger partial charge in [-0.2, -0.15) is 0 Å². The predicted molar refractivity (Wildman–Crippen MR) is 137 cm³/mol. The van der Waals surface area contributed by atoms with Crippen molar-refractivity contribution in [1.29, 1.82) is 0 Å². The van der Waals surface area contributed by atoms with Gasteiger partial charge in [-0.15, -0.1) is 0 Å². The number of nitrogens with zero attached hydrogens (tertiary/aromatic N) is 2. The first-order valence-electron chi connectivity index (χ1n) is 12.0. The topological polar surface area (TPSA) is 74.8 Å². The van der Waals surface area contributed by atoms with Gasteiger partial charge in [-0.3, -0.25) is 9.59 Å². The lowest BCUT2D eigenvalue weighted by atomic mass is 9.90. The average molecular weight is 548 g/mol. The van der Waals surface area contributed by atoms with Gasteiger partial charge in [-0.05, 0) is 54.9 Å². The van der Waals surface area contributed by atoms with Gasteiger partial charge in [0.2, 0.25) is 11.8 Å². The minimum atomic E-state index is -3.74. The summed E-state index contributed by atoms with van der Waals surface area (Å²) >= 11 is 3.41. The molecule has 0 unspecified atom stereocenters. The molecule has 34 heavy (non-hydrogen) atoms. The Labute approximate surface area is 210 Å². The Bertz CT molecular complexity index is 1160. The molecule has 0 N–H and O–H groups in total. The standard InChI is InChI=1S/C26H31BrN2O4S/c1-2-24(30)29-14-10-21-17-22(27)18-23(26(21)29)34(32,33)15-11-25(31)28-12-8-20(9-13-28)16-19-6-4-3-5-7-19/h3-7,17-18,20H,2,8-16H2,1H3. The third kappa shape index (κ3) is 5.54. The molecule has 0 radical (unpaired) electrons. The number of benzene rings is 2. The van der Waals surface area contributed by atoms with E-state index in [-0.39, 0.29) is 28.9 Å². The molecule has 1 fully saturated rings. The summed E-state index contributed by atoms with van der Waals surface area (Å²) in [6.07, 6.45) is 3.77. The van der Waals surface area contributed by atoms with Gasteiger partial charge in [0.05, 0.1) is 16.3 Å². The average Bonchev–Trinajstić information content (AvgIpc) is 3.26. The van der Waals surface area contributed by atoms with Crippen molar-refractivity contribution in [1.82, 2.24) is 4.90 Å². The Hall–Kier alpha value is -2.19. The zero-order valence-corrected chi connectivity index (χ0v) is 21.9. The molecule has 2 heterocycles. The molecule has 0 atom stereocenters. The van der Waals surface area contributed by atoms with Crippen LogP contribution in [-0.4, -0.2) is 50.5 Å². The van der Waals surface area contributed by atoms with E-state index in [0.717, 1.165) is 24.8 Å². The first-order valence-corrected chi connectivity index (χ1v) is 14.4. The summed E-state index contributed by atoms with van der Waals surface area (Å²) in [6.45, 7) is 3.59. The SMILES string of the molecule is CCC(=O)N1CCc2cc(Br)cc(S(=O)(=O)CCC(=O)N3CCC(Cc4ccccc4)CC3)c21. The van der Waals surface area contributed by atoms with Crippen LogP contribution in [0, 0.1) is 5.92 Å². The van der Waals surface area contributed by atoms with E-state index in [9.17, 15) is 18.0 Å². The van der Waals surface area contributed by atoms with E-state index in [1.165, 1.54) is 5.56 Å². The van der Waals surface area contributed by atoms with Crippen LogP contribution in [0.5, 0.6) is 0 Å². The van der Waals surface area contributed by atoms with E-state index in [0.29, 0.717) is 48.6 Å². The van der Waals surface area contributed by atoms with Crippen molar-refractivity contribution in [2.24, 2.45) is 5.92 Å². The molecule has 6 nitrogen and oxygen atoms in total. The Morgan fingerprint density at radius 1 is 1.03 bits per heavy atom. The van der Waals surface area contributed by atoms with Crippen LogP contribution in [0.25, 0.3) is 0 Å². The van der Waals surface area contributed by atoms with Crippen molar-refractivity contribution in [3.63, 3.8) is 0 Å². The maximum Gasteiger partial charge on any atom is 0.226 e. The molecule has 182 valence electrons. The van der Waals surface area contributed by atoms with Gasteiger partial charge < -0.3 is 9.80 Å². The van der Waals surface area contributed by atoms with Crippen LogP contribution >= 0.6 is 15.9 Å². The van der Waals surface area contributed by atoms with Crippen molar-refractivity contribution in [3.8, 4) is 0 Å². The molecule has 2 aliphatic heterocycles. The Kier molecular flexibility index (Phi) is 7.77. The van der Waals surface area contributed by atoms with Crippen LogP contribution in [0.15, 0.2) is 51.8 Å². The summed E-state index contributed by atoms with van der Waals surface area (Å²) in [6, 6.07) is 13.8. The van der Waals surface area contributed by atoms with Crippen LogP contribution in [0.2, 0.25) is 0 Å². The summed E-state index contributed by atoms with van der Waals surface area (Å²) in [5, 5.41) is 0. The smallest absolute Gasteiger partial charge is 0.226 e. The van der Waals surface area contributed by atoms with Crippen LogP contribution in [0.4, 0.5) is 5.69 Å². The number of rotatable bonds is 7. The number of anilines is 1. The van der Waals surface area contributed by atoms with Crippen molar-refractivity contribution in [3.05, 3.63) is 58.1 Å². The Morgan fingerprint density at radius 3 is 2.41 bits per heavy atom. The highest BCUT2D eigenvalue weighted by molar-refractivity contribution is 9.10. The number of hydrogen-bond donors (Lipinski definition) is 0. The van der Waals surface area contributed by atoms with Gasteiger partial charge in [-0.1, -0.05) is 53.2 Å². The lowest BCUT2D eigenvalue weighted by Gasteiger charge is -2.32. The summed E-state index contributed by atoms with van der Waals surface area (Å²) in [5.41, 5.74) is 2.65. The molecule has 2 amide bonds. The number of amides is 2. The minimum absolute atomic E-state index is 0.0469.